The second kappa shape index (κ2) is 16.8. The van der Waals surface area contributed by atoms with Crippen molar-refractivity contribution in [3.05, 3.63) is 93.4 Å². The number of anilines is 2. The molecule has 0 spiro atoms. The number of fused-ring (bicyclic) bond motifs is 1. The van der Waals surface area contributed by atoms with E-state index in [9.17, 15) is 14.4 Å². The molecule has 268 valence electrons. The molecule has 15 heteroatoms. The number of nitrogens with one attached hydrogen (secondary N) is 3. The van der Waals surface area contributed by atoms with Crippen molar-refractivity contribution in [2.75, 3.05) is 58.7 Å². The standard InChI is InChI=1S/C36H39Cl2N7O6/c1-6-29(46)41-25-19-51-20-26(25)42-36-39-18-22-16-24(31-32(37)27(49-4)17-28(50-5)33(31)38)35(48)45(34(22)43-36)15-13-21-9-11-23(12-10-21)40-30(47)8-7-14-44(2)3/h6-12,16-18,25-26H,1,13-15,19-20H2,2-5H3,(H,40,47)(H,41,46)(H,39,42,43)/b8-7+. The predicted octanol–water partition coefficient (Wildman–Crippen LogP) is 4.56. The molecule has 0 radical (unpaired) electrons. The first-order chi connectivity index (χ1) is 24.5. The lowest BCUT2D eigenvalue weighted by atomic mass is 10.0. The lowest BCUT2D eigenvalue weighted by Gasteiger charge is -2.20. The molecule has 5 rings (SSSR count). The molecular formula is C36H39Cl2N7O6. The van der Waals surface area contributed by atoms with Gasteiger partial charge in [-0.2, -0.15) is 4.98 Å². The lowest BCUT2D eigenvalue weighted by Crippen LogP contribution is -2.45. The molecule has 0 saturated carbocycles. The fourth-order valence-electron chi connectivity index (χ4n) is 5.53. The van der Waals surface area contributed by atoms with Gasteiger partial charge in [0.25, 0.3) is 5.56 Å². The number of carbonyl (C=O) groups excluding carboxylic acids is 2. The zero-order valence-corrected chi connectivity index (χ0v) is 30.2. The highest BCUT2D eigenvalue weighted by Gasteiger charge is 2.30. The van der Waals surface area contributed by atoms with E-state index in [4.69, 9.17) is 42.4 Å². The molecule has 3 N–H and O–H groups in total. The summed E-state index contributed by atoms with van der Waals surface area (Å²) >= 11 is 13.5. The zero-order valence-electron chi connectivity index (χ0n) is 28.7. The highest BCUT2D eigenvalue weighted by molar-refractivity contribution is 6.41. The maximum Gasteiger partial charge on any atom is 0.260 e. The number of carbonyl (C=O) groups is 2. The van der Waals surface area contributed by atoms with Crippen LogP contribution >= 0.6 is 23.2 Å². The van der Waals surface area contributed by atoms with Crippen LogP contribution in [0, 0.1) is 0 Å². The Bertz CT molecular complexity index is 1990. The van der Waals surface area contributed by atoms with Crippen LogP contribution < -0.4 is 31.0 Å². The van der Waals surface area contributed by atoms with E-state index in [1.807, 2.05) is 43.3 Å². The number of hydrogen-bond donors (Lipinski definition) is 3. The van der Waals surface area contributed by atoms with E-state index >= 15 is 0 Å². The van der Waals surface area contributed by atoms with Crippen LogP contribution in [-0.2, 0) is 27.3 Å². The van der Waals surface area contributed by atoms with Crippen LogP contribution in [0.25, 0.3) is 22.2 Å². The molecule has 51 heavy (non-hydrogen) atoms. The summed E-state index contributed by atoms with van der Waals surface area (Å²) in [6.07, 6.45) is 6.52. The van der Waals surface area contributed by atoms with E-state index < -0.39 is 5.56 Å². The average Bonchev–Trinajstić information content (AvgIpc) is 3.54. The summed E-state index contributed by atoms with van der Waals surface area (Å²) in [5, 5.41) is 9.78. The van der Waals surface area contributed by atoms with Crippen molar-refractivity contribution in [3.8, 4) is 22.6 Å². The largest absolute Gasteiger partial charge is 0.495 e. The molecule has 0 aliphatic carbocycles. The summed E-state index contributed by atoms with van der Waals surface area (Å²) in [6, 6.07) is 9.92. The minimum Gasteiger partial charge on any atom is -0.495 e. The number of rotatable bonds is 14. The van der Waals surface area contributed by atoms with Gasteiger partial charge in [0, 0.05) is 48.1 Å². The molecular weight excluding hydrogens is 697 g/mol. The SMILES string of the molecule is C=CC(=O)NC1COCC1Nc1ncc2cc(-c3c(Cl)c(OC)cc(OC)c3Cl)c(=O)n(CCc3ccc(NC(=O)/C=C/CN(C)C)cc3)c2n1. The van der Waals surface area contributed by atoms with Crippen LogP contribution in [0.3, 0.4) is 0 Å². The van der Waals surface area contributed by atoms with Gasteiger partial charge in [-0.3, -0.25) is 19.0 Å². The van der Waals surface area contributed by atoms with E-state index in [2.05, 4.69) is 27.5 Å². The van der Waals surface area contributed by atoms with Crippen molar-refractivity contribution in [2.45, 2.75) is 25.0 Å². The van der Waals surface area contributed by atoms with Gasteiger partial charge in [-0.25, -0.2) is 4.98 Å². The van der Waals surface area contributed by atoms with Crippen LogP contribution in [0.4, 0.5) is 11.6 Å². The molecule has 3 heterocycles. The second-order valence-corrected chi connectivity index (χ2v) is 12.7. The summed E-state index contributed by atoms with van der Waals surface area (Å²) in [5.41, 5.74) is 1.97. The zero-order chi connectivity index (χ0) is 36.7. The van der Waals surface area contributed by atoms with Gasteiger partial charge in [0.05, 0.1) is 55.1 Å². The summed E-state index contributed by atoms with van der Waals surface area (Å²) in [7, 11) is 6.76. The third kappa shape index (κ3) is 8.86. The van der Waals surface area contributed by atoms with Crippen LogP contribution in [0.1, 0.15) is 5.56 Å². The van der Waals surface area contributed by atoms with Gasteiger partial charge in [-0.05, 0) is 50.4 Å². The number of aromatic nitrogens is 3. The molecule has 2 aromatic carbocycles. The summed E-state index contributed by atoms with van der Waals surface area (Å²) in [6.45, 7) is 5.00. The monoisotopic (exact) mass is 735 g/mol. The van der Waals surface area contributed by atoms with Crippen LogP contribution in [0.15, 0.2) is 72.2 Å². The van der Waals surface area contributed by atoms with E-state index in [-0.39, 0.29) is 69.1 Å². The molecule has 2 unspecified atom stereocenters. The highest BCUT2D eigenvalue weighted by atomic mass is 35.5. The topological polar surface area (TPSA) is 149 Å². The molecule has 13 nitrogen and oxygen atoms in total. The number of pyridine rings is 1. The highest BCUT2D eigenvalue weighted by Crippen LogP contribution is 2.45. The minimum absolute atomic E-state index is 0.147. The lowest BCUT2D eigenvalue weighted by molar-refractivity contribution is -0.117. The van der Waals surface area contributed by atoms with Crippen molar-refractivity contribution in [2.24, 2.45) is 0 Å². The van der Waals surface area contributed by atoms with Gasteiger partial charge in [0.1, 0.15) is 17.1 Å². The Hall–Kier alpha value is -4.95. The fraction of sp³-hybridized carbons (Fsp3) is 0.306. The fourth-order valence-corrected chi connectivity index (χ4v) is 6.24. The van der Waals surface area contributed by atoms with E-state index in [1.54, 1.807) is 29.0 Å². The van der Waals surface area contributed by atoms with Crippen LogP contribution in [0.2, 0.25) is 10.0 Å². The number of amides is 2. The summed E-state index contributed by atoms with van der Waals surface area (Å²) in [5.74, 6) is 0.264. The first-order valence-corrected chi connectivity index (χ1v) is 16.8. The minimum atomic E-state index is -0.403. The van der Waals surface area contributed by atoms with Crippen molar-refractivity contribution in [3.63, 3.8) is 0 Å². The van der Waals surface area contributed by atoms with Gasteiger partial charge in [-0.15, -0.1) is 0 Å². The molecule has 2 atom stereocenters. The van der Waals surface area contributed by atoms with Crippen molar-refractivity contribution < 1.29 is 23.8 Å². The Kier molecular flexibility index (Phi) is 12.3. The van der Waals surface area contributed by atoms with Gasteiger partial charge < -0.3 is 35.1 Å². The molecule has 2 aromatic heterocycles. The Labute approximate surface area is 305 Å². The number of ether oxygens (including phenoxy) is 3. The van der Waals surface area contributed by atoms with E-state index in [0.717, 1.165) is 5.56 Å². The number of methoxy groups -OCH3 is 2. The molecule has 0 bridgehead atoms. The van der Waals surface area contributed by atoms with Gasteiger partial charge >= 0.3 is 0 Å². The Morgan fingerprint density at radius 1 is 1.06 bits per heavy atom. The van der Waals surface area contributed by atoms with Gasteiger partial charge in [0.15, 0.2) is 0 Å². The molecule has 4 aromatic rings. The number of nitrogens with zero attached hydrogens (tertiary/aromatic N) is 4. The van der Waals surface area contributed by atoms with E-state index in [1.165, 1.54) is 26.4 Å². The van der Waals surface area contributed by atoms with Gasteiger partial charge in [-0.1, -0.05) is 48.0 Å². The number of halogens is 2. The van der Waals surface area contributed by atoms with Crippen LogP contribution in [0.5, 0.6) is 11.5 Å². The van der Waals surface area contributed by atoms with E-state index in [0.29, 0.717) is 42.9 Å². The Morgan fingerprint density at radius 3 is 2.39 bits per heavy atom. The summed E-state index contributed by atoms with van der Waals surface area (Å²) < 4.78 is 18.1. The Morgan fingerprint density at radius 2 is 1.75 bits per heavy atom. The van der Waals surface area contributed by atoms with Gasteiger partial charge in [0.2, 0.25) is 17.8 Å². The average molecular weight is 737 g/mol. The maximum atomic E-state index is 14.4. The van der Waals surface area contributed by atoms with Crippen molar-refractivity contribution >= 4 is 57.7 Å². The maximum absolute atomic E-state index is 14.4. The van der Waals surface area contributed by atoms with Crippen molar-refractivity contribution in [1.82, 2.24) is 24.8 Å². The third-order valence-electron chi connectivity index (χ3n) is 8.16. The smallest absolute Gasteiger partial charge is 0.260 e. The molecule has 2 amide bonds. The second-order valence-electron chi connectivity index (χ2n) is 12.0. The molecule has 1 aliphatic rings. The third-order valence-corrected chi connectivity index (χ3v) is 8.91. The Balaban J connectivity index is 1.51. The molecule has 1 saturated heterocycles. The number of benzene rings is 2. The number of aryl methyl sites for hydroxylation is 2. The van der Waals surface area contributed by atoms with Crippen LogP contribution in [-0.4, -0.2) is 91.4 Å². The first-order valence-electron chi connectivity index (χ1n) is 16.0. The molecule has 1 aliphatic heterocycles. The predicted molar refractivity (Wildman–Crippen MR) is 199 cm³/mol. The molecule has 1 fully saturated rings. The summed E-state index contributed by atoms with van der Waals surface area (Å²) in [4.78, 5) is 49.9. The normalized spacial score (nSPS) is 15.7. The first kappa shape index (κ1) is 37.3. The quantitative estimate of drug-likeness (QED) is 0.157. The van der Waals surface area contributed by atoms with Crippen molar-refractivity contribution in [1.29, 1.82) is 0 Å². The number of likely N-dealkylation sites (N-methyl/N-ethyl adjacent to an activating group) is 1. The number of hydrogen-bond acceptors (Lipinski definition) is 10.